The van der Waals surface area contributed by atoms with Gasteiger partial charge in [0.1, 0.15) is 11.6 Å². The lowest BCUT2D eigenvalue weighted by Gasteiger charge is -2.18. The molecule has 20 heavy (non-hydrogen) atoms. The zero-order chi connectivity index (χ0) is 14.7. The molecular weight excluding hydrogens is 295 g/mol. The summed E-state index contributed by atoms with van der Waals surface area (Å²) in [6.07, 6.45) is -0.000798. The number of pyridine rings is 1. The molecule has 1 aromatic heterocycles. The lowest BCUT2D eigenvalue weighted by molar-refractivity contribution is 0.220. The van der Waals surface area contributed by atoms with Crippen molar-refractivity contribution < 1.29 is 4.74 Å². The summed E-state index contributed by atoms with van der Waals surface area (Å²) in [5.41, 5.74) is 1.62. The Morgan fingerprint density at radius 1 is 1.30 bits per heavy atom. The second kappa shape index (κ2) is 6.61. The highest BCUT2D eigenvalue weighted by Gasteiger charge is 2.15. The highest BCUT2D eigenvalue weighted by molar-refractivity contribution is 6.39. The van der Waals surface area contributed by atoms with E-state index in [0.717, 1.165) is 24.2 Å². The van der Waals surface area contributed by atoms with Crippen molar-refractivity contribution in [2.75, 3.05) is 13.1 Å². The third kappa shape index (κ3) is 3.35. The first-order valence-corrected chi connectivity index (χ1v) is 7.41. The number of aromatic nitrogens is 1. The Hall–Kier alpha value is -1.03. The van der Waals surface area contributed by atoms with Gasteiger partial charge in [-0.1, -0.05) is 30.1 Å². The third-order valence-electron chi connectivity index (χ3n) is 2.98. The standard InChI is InChI=1S/C15H18Cl2N2O/c1-4-18-8-10(3)20-15-13(17)7-12(16)11-6-5-9(2)19-14(11)15/h5-7,10,18H,4,8H2,1-3H3. The topological polar surface area (TPSA) is 34.1 Å². The molecule has 2 rings (SSSR count). The molecule has 1 N–H and O–H groups in total. The summed E-state index contributed by atoms with van der Waals surface area (Å²) in [5, 5.41) is 5.17. The Balaban J connectivity index is 2.43. The van der Waals surface area contributed by atoms with Crippen molar-refractivity contribution in [3.05, 3.63) is 33.9 Å². The van der Waals surface area contributed by atoms with Crippen molar-refractivity contribution in [2.45, 2.75) is 26.9 Å². The maximum absolute atomic E-state index is 6.27. The molecule has 0 saturated heterocycles. The Kier molecular flexibility index (Phi) is 5.08. The largest absolute Gasteiger partial charge is 0.486 e. The van der Waals surface area contributed by atoms with Crippen LogP contribution in [-0.2, 0) is 0 Å². The van der Waals surface area contributed by atoms with E-state index in [1.54, 1.807) is 6.07 Å². The van der Waals surface area contributed by atoms with Crippen molar-refractivity contribution in [1.82, 2.24) is 10.3 Å². The molecule has 2 aromatic rings. The maximum atomic E-state index is 6.27. The number of hydrogen-bond acceptors (Lipinski definition) is 3. The molecule has 0 aliphatic carbocycles. The molecule has 0 aliphatic heterocycles. The van der Waals surface area contributed by atoms with Gasteiger partial charge in [0, 0.05) is 17.6 Å². The predicted octanol–water partition coefficient (Wildman–Crippen LogP) is 4.23. The SMILES string of the molecule is CCNCC(C)Oc1c(Cl)cc(Cl)c2ccc(C)nc12. The van der Waals surface area contributed by atoms with Crippen LogP contribution in [-0.4, -0.2) is 24.2 Å². The number of nitrogens with one attached hydrogen (secondary N) is 1. The van der Waals surface area contributed by atoms with E-state index in [9.17, 15) is 0 Å². The van der Waals surface area contributed by atoms with Crippen LogP contribution in [0.2, 0.25) is 10.0 Å². The van der Waals surface area contributed by atoms with E-state index in [-0.39, 0.29) is 6.10 Å². The number of hydrogen-bond donors (Lipinski definition) is 1. The second-order valence-corrected chi connectivity index (χ2v) is 5.57. The summed E-state index contributed by atoms with van der Waals surface area (Å²) in [6, 6.07) is 5.57. The Labute approximate surface area is 129 Å². The minimum absolute atomic E-state index is 0.000798. The average Bonchev–Trinajstić information content (AvgIpc) is 2.40. The van der Waals surface area contributed by atoms with Crippen molar-refractivity contribution in [1.29, 1.82) is 0 Å². The van der Waals surface area contributed by atoms with Crippen LogP contribution in [0.4, 0.5) is 0 Å². The van der Waals surface area contributed by atoms with Gasteiger partial charge in [0.25, 0.3) is 0 Å². The average molecular weight is 313 g/mol. The van der Waals surface area contributed by atoms with Crippen molar-refractivity contribution in [3.63, 3.8) is 0 Å². The fourth-order valence-electron chi connectivity index (χ4n) is 1.99. The summed E-state index contributed by atoms with van der Waals surface area (Å²) < 4.78 is 5.95. The fraction of sp³-hybridized carbons (Fsp3) is 0.400. The monoisotopic (exact) mass is 312 g/mol. The summed E-state index contributed by atoms with van der Waals surface area (Å²) in [7, 11) is 0. The lowest BCUT2D eigenvalue weighted by atomic mass is 10.2. The molecule has 0 saturated carbocycles. The van der Waals surface area contributed by atoms with Crippen LogP contribution in [0, 0.1) is 6.92 Å². The predicted molar refractivity (Wildman–Crippen MR) is 85.1 cm³/mol. The quantitative estimate of drug-likeness (QED) is 0.897. The second-order valence-electron chi connectivity index (χ2n) is 4.75. The first-order valence-electron chi connectivity index (χ1n) is 6.65. The first-order chi connectivity index (χ1) is 9.52. The minimum atomic E-state index is -0.000798. The molecular formula is C15H18Cl2N2O. The van der Waals surface area contributed by atoms with Gasteiger partial charge in [-0.05, 0) is 38.6 Å². The zero-order valence-corrected chi connectivity index (χ0v) is 13.3. The molecule has 0 radical (unpaired) electrons. The summed E-state index contributed by atoms with van der Waals surface area (Å²) in [4.78, 5) is 4.52. The van der Waals surface area contributed by atoms with Gasteiger partial charge in [-0.15, -0.1) is 0 Å². The first kappa shape index (κ1) is 15.4. The number of nitrogens with zero attached hydrogens (tertiary/aromatic N) is 1. The van der Waals surface area contributed by atoms with Crippen molar-refractivity contribution in [3.8, 4) is 5.75 Å². The third-order valence-corrected chi connectivity index (χ3v) is 3.57. The van der Waals surface area contributed by atoms with Crippen LogP contribution in [0.3, 0.4) is 0 Å². The Morgan fingerprint density at radius 2 is 2.05 bits per heavy atom. The molecule has 0 aliphatic rings. The normalized spacial score (nSPS) is 12.7. The number of halogens is 2. The van der Waals surface area contributed by atoms with E-state index in [0.29, 0.717) is 21.3 Å². The van der Waals surface area contributed by atoms with E-state index in [4.69, 9.17) is 27.9 Å². The van der Waals surface area contributed by atoms with Crippen LogP contribution in [0.5, 0.6) is 5.75 Å². The number of likely N-dealkylation sites (N-methyl/N-ethyl adjacent to an activating group) is 1. The van der Waals surface area contributed by atoms with Gasteiger partial charge in [-0.2, -0.15) is 0 Å². The maximum Gasteiger partial charge on any atom is 0.164 e. The van der Waals surface area contributed by atoms with Gasteiger partial charge in [0.15, 0.2) is 5.75 Å². The number of ether oxygens (including phenoxy) is 1. The summed E-state index contributed by atoms with van der Waals surface area (Å²) in [5.74, 6) is 0.597. The van der Waals surface area contributed by atoms with Crippen molar-refractivity contribution >= 4 is 34.1 Å². The highest BCUT2D eigenvalue weighted by Crippen LogP contribution is 2.37. The lowest BCUT2D eigenvalue weighted by Crippen LogP contribution is -2.28. The van der Waals surface area contributed by atoms with Crippen LogP contribution >= 0.6 is 23.2 Å². The molecule has 0 bridgehead atoms. The fourth-order valence-corrected chi connectivity index (χ4v) is 2.55. The van der Waals surface area contributed by atoms with E-state index in [2.05, 4.69) is 17.2 Å². The molecule has 1 aromatic carbocycles. The molecule has 1 unspecified atom stereocenters. The number of benzene rings is 1. The molecule has 0 fully saturated rings. The smallest absolute Gasteiger partial charge is 0.164 e. The van der Waals surface area contributed by atoms with Gasteiger partial charge in [0.2, 0.25) is 0 Å². The molecule has 0 amide bonds. The summed E-state index contributed by atoms with van der Waals surface area (Å²) >= 11 is 12.5. The van der Waals surface area contributed by atoms with Gasteiger partial charge < -0.3 is 10.1 Å². The summed E-state index contributed by atoms with van der Waals surface area (Å²) in [6.45, 7) is 7.64. The van der Waals surface area contributed by atoms with Crippen LogP contribution < -0.4 is 10.1 Å². The number of aryl methyl sites for hydroxylation is 1. The van der Waals surface area contributed by atoms with Crippen LogP contribution in [0.1, 0.15) is 19.5 Å². The van der Waals surface area contributed by atoms with Gasteiger partial charge in [0.05, 0.1) is 10.0 Å². The van der Waals surface area contributed by atoms with Gasteiger partial charge >= 0.3 is 0 Å². The van der Waals surface area contributed by atoms with E-state index in [1.807, 2.05) is 26.0 Å². The van der Waals surface area contributed by atoms with E-state index in [1.165, 1.54) is 0 Å². The number of rotatable bonds is 5. The molecule has 5 heteroatoms. The van der Waals surface area contributed by atoms with Gasteiger partial charge in [-0.3, -0.25) is 0 Å². The molecule has 1 atom stereocenters. The Bertz CT molecular complexity index is 616. The zero-order valence-electron chi connectivity index (χ0n) is 11.8. The number of fused-ring (bicyclic) bond motifs is 1. The van der Waals surface area contributed by atoms with Crippen LogP contribution in [0.15, 0.2) is 18.2 Å². The molecule has 108 valence electrons. The van der Waals surface area contributed by atoms with E-state index < -0.39 is 0 Å². The highest BCUT2D eigenvalue weighted by atomic mass is 35.5. The molecule has 1 heterocycles. The molecule has 3 nitrogen and oxygen atoms in total. The Morgan fingerprint density at radius 3 is 2.75 bits per heavy atom. The molecule has 0 spiro atoms. The van der Waals surface area contributed by atoms with E-state index >= 15 is 0 Å². The van der Waals surface area contributed by atoms with Crippen molar-refractivity contribution in [2.24, 2.45) is 0 Å². The van der Waals surface area contributed by atoms with Crippen LogP contribution in [0.25, 0.3) is 10.9 Å². The van der Waals surface area contributed by atoms with Gasteiger partial charge in [-0.25, -0.2) is 4.98 Å². The minimum Gasteiger partial charge on any atom is -0.486 e.